The molecule has 1 heterocycles. The number of ether oxygens (including phenoxy) is 1. The molecule has 0 saturated carbocycles. The van der Waals surface area contributed by atoms with Crippen LogP contribution in [0.4, 0.5) is 5.69 Å². The number of likely N-dealkylation sites (tertiary alicyclic amines) is 1. The molecule has 7 heteroatoms. The summed E-state index contributed by atoms with van der Waals surface area (Å²) in [7, 11) is 0. The lowest BCUT2D eigenvalue weighted by atomic mass is 9.94. The van der Waals surface area contributed by atoms with Crippen molar-refractivity contribution in [3.63, 3.8) is 0 Å². The van der Waals surface area contributed by atoms with Crippen molar-refractivity contribution in [2.24, 2.45) is 17.8 Å². The number of imide groups is 1. The Morgan fingerprint density at radius 2 is 1.79 bits per heavy atom. The smallest absolute Gasteiger partial charge is 0.306 e. The first-order valence-electron chi connectivity index (χ1n) is 10.1. The molecule has 1 aliphatic rings. The lowest BCUT2D eigenvalue weighted by molar-refractivity contribution is -0.146. The minimum atomic E-state index is -0.284. The second-order valence-corrected chi connectivity index (χ2v) is 8.19. The van der Waals surface area contributed by atoms with E-state index in [4.69, 9.17) is 4.74 Å². The highest BCUT2D eigenvalue weighted by Gasteiger charge is 2.39. The molecule has 3 amide bonds. The Morgan fingerprint density at radius 1 is 1.14 bits per heavy atom. The van der Waals surface area contributed by atoms with Crippen molar-refractivity contribution >= 4 is 29.4 Å². The number of nitrogens with one attached hydrogen (secondary N) is 1. The van der Waals surface area contributed by atoms with Crippen LogP contribution >= 0.6 is 0 Å². The highest BCUT2D eigenvalue weighted by atomic mass is 16.5. The summed E-state index contributed by atoms with van der Waals surface area (Å²) >= 11 is 0. The van der Waals surface area contributed by atoms with E-state index in [1.807, 2.05) is 27.7 Å². The second kappa shape index (κ2) is 10.2. The second-order valence-electron chi connectivity index (χ2n) is 8.19. The van der Waals surface area contributed by atoms with Gasteiger partial charge in [-0.05, 0) is 29.5 Å². The van der Waals surface area contributed by atoms with E-state index in [0.717, 1.165) is 5.56 Å². The number of rotatable bonds is 9. The van der Waals surface area contributed by atoms with E-state index in [1.165, 1.54) is 4.90 Å². The molecule has 29 heavy (non-hydrogen) atoms. The zero-order chi connectivity index (χ0) is 21.6. The van der Waals surface area contributed by atoms with Gasteiger partial charge in [0, 0.05) is 37.4 Å². The van der Waals surface area contributed by atoms with Crippen molar-refractivity contribution in [2.75, 3.05) is 11.9 Å². The summed E-state index contributed by atoms with van der Waals surface area (Å²) in [5, 5.41) is 2.75. The number of carbonyl (C=O) groups excluding carboxylic acids is 4. The van der Waals surface area contributed by atoms with Gasteiger partial charge in [0.1, 0.15) is 6.61 Å². The molecule has 1 aromatic carbocycles. The van der Waals surface area contributed by atoms with Gasteiger partial charge in [0.2, 0.25) is 17.7 Å². The molecule has 0 bridgehead atoms. The highest BCUT2D eigenvalue weighted by Crippen LogP contribution is 2.26. The molecule has 158 valence electrons. The van der Waals surface area contributed by atoms with Gasteiger partial charge in [0.25, 0.3) is 0 Å². The Morgan fingerprint density at radius 3 is 2.34 bits per heavy atom. The maximum atomic E-state index is 12.3. The van der Waals surface area contributed by atoms with Gasteiger partial charge in [0.15, 0.2) is 0 Å². The fourth-order valence-corrected chi connectivity index (χ4v) is 3.14. The zero-order valence-corrected chi connectivity index (χ0v) is 17.6. The zero-order valence-electron chi connectivity index (χ0n) is 17.6. The standard InChI is InChI=1S/C22H30N2O5/c1-14(2)11-21(27)29-13-16-5-7-17(8-6-16)23-19(25)9-10-24-20(26)12-18(15(3)4)22(24)28/h5-8,14-15,18H,9-13H2,1-4H3,(H,23,25). The maximum Gasteiger partial charge on any atom is 0.306 e. The number of carbonyl (C=O) groups is 4. The Labute approximate surface area is 171 Å². The maximum absolute atomic E-state index is 12.3. The first-order chi connectivity index (χ1) is 13.7. The van der Waals surface area contributed by atoms with Gasteiger partial charge >= 0.3 is 5.97 Å². The first-order valence-corrected chi connectivity index (χ1v) is 10.1. The molecule has 1 aromatic rings. The van der Waals surface area contributed by atoms with E-state index in [0.29, 0.717) is 12.1 Å². The van der Waals surface area contributed by atoms with Gasteiger partial charge in [-0.2, -0.15) is 0 Å². The predicted octanol–water partition coefficient (Wildman–Crippen LogP) is 3.14. The number of benzene rings is 1. The van der Waals surface area contributed by atoms with Crippen molar-refractivity contribution in [1.82, 2.24) is 4.90 Å². The average Bonchev–Trinajstić information content (AvgIpc) is 2.93. The third kappa shape index (κ3) is 6.69. The van der Waals surface area contributed by atoms with E-state index in [1.54, 1.807) is 24.3 Å². The van der Waals surface area contributed by atoms with E-state index < -0.39 is 0 Å². The monoisotopic (exact) mass is 402 g/mol. The molecular formula is C22H30N2O5. The fraction of sp³-hybridized carbons (Fsp3) is 0.545. The van der Waals surface area contributed by atoms with Crippen LogP contribution in [0.5, 0.6) is 0 Å². The van der Waals surface area contributed by atoms with Gasteiger partial charge in [-0.1, -0.05) is 39.8 Å². The summed E-state index contributed by atoms with van der Waals surface area (Å²) in [6.07, 6.45) is 0.659. The summed E-state index contributed by atoms with van der Waals surface area (Å²) in [6.45, 7) is 8.03. The third-order valence-corrected chi connectivity index (χ3v) is 4.86. The molecule has 7 nitrogen and oxygen atoms in total. The Bertz CT molecular complexity index is 755. The first kappa shape index (κ1) is 22.6. The van der Waals surface area contributed by atoms with Crippen molar-refractivity contribution in [3.05, 3.63) is 29.8 Å². The van der Waals surface area contributed by atoms with Gasteiger partial charge in [-0.25, -0.2) is 0 Å². The van der Waals surface area contributed by atoms with Crippen LogP contribution in [-0.2, 0) is 30.5 Å². The van der Waals surface area contributed by atoms with Crippen LogP contribution in [0.15, 0.2) is 24.3 Å². The Kier molecular flexibility index (Phi) is 7.93. The molecule has 0 aromatic heterocycles. The lowest BCUT2D eigenvalue weighted by Crippen LogP contribution is -2.34. The SMILES string of the molecule is CC(C)CC(=O)OCc1ccc(NC(=O)CCN2C(=O)CC(C(C)C)C2=O)cc1. The largest absolute Gasteiger partial charge is 0.461 e. The van der Waals surface area contributed by atoms with Crippen molar-refractivity contribution in [3.8, 4) is 0 Å². The van der Waals surface area contributed by atoms with E-state index >= 15 is 0 Å². The molecule has 1 unspecified atom stereocenters. The van der Waals surface area contributed by atoms with E-state index in [9.17, 15) is 19.2 Å². The van der Waals surface area contributed by atoms with Gasteiger partial charge < -0.3 is 10.1 Å². The number of hydrogen-bond acceptors (Lipinski definition) is 5. The van der Waals surface area contributed by atoms with Gasteiger partial charge in [-0.3, -0.25) is 24.1 Å². The molecule has 1 aliphatic heterocycles. The fourth-order valence-electron chi connectivity index (χ4n) is 3.14. The highest BCUT2D eigenvalue weighted by molar-refractivity contribution is 6.04. The van der Waals surface area contributed by atoms with Crippen molar-refractivity contribution < 1.29 is 23.9 Å². The third-order valence-electron chi connectivity index (χ3n) is 4.86. The predicted molar refractivity (Wildman–Crippen MR) is 109 cm³/mol. The van der Waals surface area contributed by atoms with Crippen LogP contribution in [0.25, 0.3) is 0 Å². The van der Waals surface area contributed by atoms with E-state index in [-0.39, 0.29) is 67.4 Å². The minimum absolute atomic E-state index is 0.0524. The summed E-state index contributed by atoms with van der Waals surface area (Å²) in [6, 6.07) is 7.01. The Hall–Kier alpha value is -2.70. The number of hydrogen-bond donors (Lipinski definition) is 1. The molecule has 1 atom stereocenters. The van der Waals surface area contributed by atoms with Crippen molar-refractivity contribution in [2.45, 2.75) is 53.6 Å². The summed E-state index contributed by atoms with van der Waals surface area (Å²) < 4.78 is 5.21. The number of anilines is 1. The van der Waals surface area contributed by atoms with Crippen LogP contribution in [0.2, 0.25) is 0 Å². The summed E-state index contributed by atoms with van der Waals surface area (Å²) in [5.41, 5.74) is 1.43. The topological polar surface area (TPSA) is 92.8 Å². The average molecular weight is 402 g/mol. The molecule has 1 saturated heterocycles. The molecule has 0 aliphatic carbocycles. The van der Waals surface area contributed by atoms with Crippen LogP contribution in [0.1, 0.15) is 52.5 Å². The molecule has 0 spiro atoms. The van der Waals surface area contributed by atoms with Crippen LogP contribution < -0.4 is 5.32 Å². The van der Waals surface area contributed by atoms with Crippen molar-refractivity contribution in [1.29, 1.82) is 0 Å². The number of nitrogens with zero attached hydrogens (tertiary/aromatic N) is 1. The molecule has 1 N–H and O–H groups in total. The Balaban J connectivity index is 1.78. The van der Waals surface area contributed by atoms with Gasteiger partial charge in [0.05, 0.1) is 0 Å². The summed E-state index contributed by atoms with van der Waals surface area (Å²) in [4.78, 5) is 49.2. The van der Waals surface area contributed by atoms with Gasteiger partial charge in [-0.15, -0.1) is 0 Å². The van der Waals surface area contributed by atoms with E-state index in [2.05, 4.69) is 5.32 Å². The number of amides is 3. The minimum Gasteiger partial charge on any atom is -0.461 e. The van der Waals surface area contributed by atoms with Crippen LogP contribution in [0.3, 0.4) is 0 Å². The summed E-state index contributed by atoms with van der Waals surface area (Å²) in [5.74, 6) is -0.825. The molecular weight excluding hydrogens is 372 g/mol. The van der Waals surface area contributed by atoms with Crippen LogP contribution in [-0.4, -0.2) is 35.1 Å². The number of esters is 1. The van der Waals surface area contributed by atoms with Crippen LogP contribution in [0, 0.1) is 17.8 Å². The quantitative estimate of drug-likeness (QED) is 0.506. The lowest BCUT2D eigenvalue weighted by Gasteiger charge is -2.16. The normalized spacial score (nSPS) is 16.6. The molecule has 0 radical (unpaired) electrons. The molecule has 2 rings (SSSR count). The molecule has 1 fully saturated rings.